The number of ether oxygens (including phenoxy) is 1. The number of nitrogens with zero attached hydrogens (tertiary/aromatic N) is 1. The second kappa shape index (κ2) is 7.57. The van der Waals surface area contributed by atoms with E-state index in [1.807, 2.05) is 51.1 Å². The molecule has 2 aliphatic rings. The maximum atomic E-state index is 12.0. The smallest absolute Gasteiger partial charge is 0.407 e. The Morgan fingerprint density at radius 3 is 2.46 bits per heavy atom. The molecule has 2 fully saturated rings. The van der Waals surface area contributed by atoms with Gasteiger partial charge in [0.25, 0.3) is 0 Å². The minimum absolute atomic E-state index is 0.153. The average molecular weight is 360 g/mol. The van der Waals surface area contributed by atoms with Crippen LogP contribution in [-0.4, -0.2) is 46.9 Å². The van der Waals surface area contributed by atoms with E-state index in [1.165, 1.54) is 0 Å². The molecular formula is C21H32N2O3. The first-order chi connectivity index (χ1) is 12.3. The van der Waals surface area contributed by atoms with Gasteiger partial charge in [-0.25, -0.2) is 4.79 Å². The van der Waals surface area contributed by atoms with Crippen LogP contribution in [-0.2, 0) is 10.3 Å². The van der Waals surface area contributed by atoms with Gasteiger partial charge in [0, 0.05) is 25.2 Å². The first-order valence-corrected chi connectivity index (χ1v) is 9.77. The zero-order chi connectivity index (χ0) is 18.8. The summed E-state index contributed by atoms with van der Waals surface area (Å²) in [4.78, 5) is 14.4. The Hall–Kier alpha value is -1.59. The number of likely N-dealkylation sites (tertiary alicyclic amines) is 1. The molecule has 1 aliphatic carbocycles. The molecule has 3 rings (SSSR count). The fraction of sp³-hybridized carbons (Fsp3) is 0.667. The number of benzene rings is 1. The molecule has 1 heterocycles. The lowest BCUT2D eigenvalue weighted by molar-refractivity contribution is -0.0223. The maximum Gasteiger partial charge on any atom is 0.407 e. The summed E-state index contributed by atoms with van der Waals surface area (Å²) < 4.78 is 5.36. The second-order valence-electron chi connectivity index (χ2n) is 8.76. The summed E-state index contributed by atoms with van der Waals surface area (Å²) in [6, 6.07) is 10.7. The van der Waals surface area contributed by atoms with Crippen molar-refractivity contribution in [3.05, 3.63) is 35.9 Å². The number of rotatable bonds is 3. The van der Waals surface area contributed by atoms with Crippen molar-refractivity contribution in [3.63, 3.8) is 0 Å². The second-order valence-corrected chi connectivity index (χ2v) is 8.76. The van der Waals surface area contributed by atoms with Crippen LogP contribution in [0.25, 0.3) is 0 Å². The van der Waals surface area contributed by atoms with Crippen LogP contribution in [0.2, 0.25) is 0 Å². The van der Waals surface area contributed by atoms with Gasteiger partial charge in [0.2, 0.25) is 0 Å². The molecule has 26 heavy (non-hydrogen) atoms. The minimum Gasteiger partial charge on any atom is -0.444 e. The fourth-order valence-corrected chi connectivity index (χ4v) is 4.19. The highest BCUT2D eigenvalue weighted by Crippen LogP contribution is 2.39. The van der Waals surface area contributed by atoms with E-state index in [1.54, 1.807) is 0 Å². The number of alkyl carbamates (subject to hydrolysis) is 1. The lowest BCUT2D eigenvalue weighted by Gasteiger charge is -2.40. The van der Waals surface area contributed by atoms with Gasteiger partial charge in [0.15, 0.2) is 0 Å². The average Bonchev–Trinajstić information content (AvgIpc) is 3.03. The molecule has 1 aromatic carbocycles. The molecule has 0 radical (unpaired) electrons. The van der Waals surface area contributed by atoms with E-state index in [0.717, 1.165) is 50.8 Å². The van der Waals surface area contributed by atoms with Crippen LogP contribution in [0.5, 0.6) is 0 Å². The third-order valence-corrected chi connectivity index (χ3v) is 5.55. The van der Waals surface area contributed by atoms with E-state index in [-0.39, 0.29) is 12.1 Å². The molecule has 1 aliphatic heterocycles. The summed E-state index contributed by atoms with van der Waals surface area (Å²) in [7, 11) is 0. The maximum absolute atomic E-state index is 12.0. The number of carbonyl (C=O) groups is 1. The molecule has 1 saturated heterocycles. The van der Waals surface area contributed by atoms with Crippen molar-refractivity contribution in [1.29, 1.82) is 0 Å². The molecule has 1 saturated carbocycles. The van der Waals surface area contributed by atoms with Crippen molar-refractivity contribution in [2.45, 2.75) is 76.2 Å². The van der Waals surface area contributed by atoms with Gasteiger partial charge < -0.3 is 15.2 Å². The number of hydrogen-bond acceptors (Lipinski definition) is 4. The Bertz CT molecular complexity index is 603. The molecule has 144 valence electrons. The predicted molar refractivity (Wildman–Crippen MR) is 102 cm³/mol. The number of nitrogens with one attached hydrogen (secondary N) is 1. The monoisotopic (exact) mass is 360 g/mol. The van der Waals surface area contributed by atoms with E-state index in [4.69, 9.17) is 4.74 Å². The van der Waals surface area contributed by atoms with Gasteiger partial charge in [-0.05, 0) is 58.4 Å². The fourth-order valence-electron chi connectivity index (χ4n) is 4.19. The molecule has 5 nitrogen and oxygen atoms in total. The normalized spacial score (nSPS) is 30.2. The Morgan fingerprint density at radius 1 is 1.19 bits per heavy atom. The van der Waals surface area contributed by atoms with Gasteiger partial charge in [-0.3, -0.25) is 4.90 Å². The van der Waals surface area contributed by atoms with Crippen molar-refractivity contribution in [1.82, 2.24) is 10.2 Å². The zero-order valence-corrected chi connectivity index (χ0v) is 16.2. The van der Waals surface area contributed by atoms with Gasteiger partial charge in [-0.15, -0.1) is 0 Å². The van der Waals surface area contributed by atoms with Crippen LogP contribution >= 0.6 is 0 Å². The van der Waals surface area contributed by atoms with Gasteiger partial charge in [0.1, 0.15) is 5.60 Å². The quantitative estimate of drug-likeness (QED) is 0.867. The summed E-state index contributed by atoms with van der Waals surface area (Å²) in [5, 5.41) is 14.0. The molecule has 1 unspecified atom stereocenters. The van der Waals surface area contributed by atoms with E-state index < -0.39 is 11.2 Å². The summed E-state index contributed by atoms with van der Waals surface area (Å²) in [6.07, 6.45) is 4.20. The van der Waals surface area contributed by atoms with Crippen LogP contribution in [0.3, 0.4) is 0 Å². The largest absolute Gasteiger partial charge is 0.444 e. The van der Waals surface area contributed by atoms with Crippen molar-refractivity contribution in [2.24, 2.45) is 0 Å². The SMILES string of the molecule is CC(C)(C)OC(=O)NC1CCN(C2CCC(O)(c3ccccc3)CC2)C1. The summed E-state index contributed by atoms with van der Waals surface area (Å²) >= 11 is 0. The van der Waals surface area contributed by atoms with Gasteiger partial charge in [0.05, 0.1) is 5.60 Å². The Labute approximate surface area is 156 Å². The molecule has 2 N–H and O–H groups in total. The number of hydrogen-bond donors (Lipinski definition) is 2. The summed E-state index contributed by atoms with van der Waals surface area (Å²) in [5.74, 6) is 0. The van der Waals surface area contributed by atoms with Crippen molar-refractivity contribution < 1.29 is 14.6 Å². The first-order valence-electron chi connectivity index (χ1n) is 9.77. The standard InChI is InChI=1S/C21H32N2O3/c1-20(2,3)26-19(24)22-17-11-14-23(15-17)18-9-12-21(25,13-10-18)16-7-5-4-6-8-16/h4-8,17-18,25H,9-15H2,1-3H3,(H,22,24). The molecule has 5 heteroatoms. The van der Waals surface area contributed by atoms with Crippen LogP contribution in [0.1, 0.15) is 58.4 Å². The Balaban J connectivity index is 1.48. The van der Waals surface area contributed by atoms with E-state index in [9.17, 15) is 9.90 Å². The van der Waals surface area contributed by atoms with E-state index >= 15 is 0 Å². The lowest BCUT2D eigenvalue weighted by Crippen LogP contribution is -2.44. The third kappa shape index (κ3) is 4.77. The van der Waals surface area contributed by atoms with Crippen LogP contribution in [0.15, 0.2) is 30.3 Å². The van der Waals surface area contributed by atoms with Crippen molar-refractivity contribution in [3.8, 4) is 0 Å². The van der Waals surface area contributed by atoms with Gasteiger partial charge >= 0.3 is 6.09 Å². The molecule has 0 spiro atoms. The third-order valence-electron chi connectivity index (χ3n) is 5.55. The highest BCUT2D eigenvalue weighted by atomic mass is 16.6. The molecule has 1 amide bonds. The van der Waals surface area contributed by atoms with Crippen molar-refractivity contribution >= 4 is 6.09 Å². The van der Waals surface area contributed by atoms with Crippen LogP contribution in [0, 0.1) is 0 Å². The minimum atomic E-state index is -0.689. The topological polar surface area (TPSA) is 61.8 Å². The highest BCUT2D eigenvalue weighted by molar-refractivity contribution is 5.68. The van der Waals surface area contributed by atoms with E-state index in [2.05, 4.69) is 10.2 Å². The molecular weight excluding hydrogens is 328 g/mol. The number of aliphatic hydroxyl groups is 1. The molecule has 1 atom stereocenters. The predicted octanol–water partition coefficient (Wildman–Crippen LogP) is 3.42. The molecule has 1 aromatic rings. The van der Waals surface area contributed by atoms with Crippen LogP contribution in [0.4, 0.5) is 4.79 Å². The van der Waals surface area contributed by atoms with Gasteiger partial charge in [-0.1, -0.05) is 30.3 Å². The van der Waals surface area contributed by atoms with Gasteiger partial charge in [-0.2, -0.15) is 0 Å². The molecule has 0 aromatic heterocycles. The first kappa shape index (κ1) is 19.2. The van der Waals surface area contributed by atoms with E-state index in [0.29, 0.717) is 6.04 Å². The van der Waals surface area contributed by atoms with Crippen molar-refractivity contribution in [2.75, 3.05) is 13.1 Å². The summed E-state index contributed by atoms with van der Waals surface area (Å²) in [6.45, 7) is 7.50. The molecule has 0 bridgehead atoms. The zero-order valence-electron chi connectivity index (χ0n) is 16.2. The Kier molecular flexibility index (Phi) is 5.58. The Morgan fingerprint density at radius 2 is 1.85 bits per heavy atom. The highest BCUT2D eigenvalue weighted by Gasteiger charge is 2.38. The number of amides is 1. The van der Waals surface area contributed by atoms with Crippen LogP contribution < -0.4 is 5.32 Å². The number of carbonyl (C=O) groups excluding carboxylic acids is 1. The lowest BCUT2D eigenvalue weighted by atomic mass is 9.77. The summed E-state index contributed by atoms with van der Waals surface area (Å²) in [5.41, 5.74) is -0.122.